The van der Waals surface area contributed by atoms with Crippen LogP contribution in [-0.4, -0.2) is 64.9 Å². The second-order valence-electron chi connectivity index (χ2n) is 8.00. The van der Waals surface area contributed by atoms with Gasteiger partial charge in [-0.15, -0.1) is 0 Å². The first kappa shape index (κ1) is 18.0. The Morgan fingerprint density at radius 3 is 2.78 bits per heavy atom. The molecule has 1 amide bonds. The van der Waals surface area contributed by atoms with E-state index in [4.69, 9.17) is 0 Å². The zero-order chi connectivity index (χ0) is 18.8. The number of fused-ring (bicyclic) bond motifs is 4. The molecule has 3 aliphatic rings. The predicted octanol–water partition coefficient (Wildman–Crippen LogP) is 2.28. The largest absolute Gasteiger partial charge is 0.365 e. The number of benzene rings is 1. The van der Waals surface area contributed by atoms with E-state index < -0.39 is 0 Å². The molecule has 6 heteroatoms. The third-order valence-corrected chi connectivity index (χ3v) is 5.99. The number of carbonyl (C=O) groups is 1. The van der Waals surface area contributed by atoms with E-state index in [1.165, 1.54) is 6.42 Å². The number of aromatic nitrogens is 2. The summed E-state index contributed by atoms with van der Waals surface area (Å²) in [6, 6.07) is 10.5. The number of anilines is 1. The number of piperidine rings is 1. The maximum absolute atomic E-state index is 13.1. The normalized spacial score (nSPS) is 22.7. The molecule has 3 fully saturated rings. The lowest BCUT2D eigenvalue weighted by Gasteiger charge is -2.37. The summed E-state index contributed by atoms with van der Waals surface area (Å²) in [6.07, 6.45) is 4.10. The zero-order valence-electron chi connectivity index (χ0n) is 16.3. The topological polar surface area (TPSA) is 55.5 Å². The van der Waals surface area contributed by atoms with Crippen LogP contribution in [0, 0.1) is 12.8 Å². The van der Waals surface area contributed by atoms with Gasteiger partial charge in [0.25, 0.3) is 0 Å². The van der Waals surface area contributed by atoms with Crippen molar-refractivity contribution in [2.75, 3.05) is 38.1 Å². The van der Waals surface area contributed by atoms with Gasteiger partial charge < -0.3 is 14.8 Å². The molecule has 6 nitrogen and oxygen atoms in total. The number of rotatable bonds is 5. The molecule has 1 aromatic carbocycles. The fraction of sp³-hybridized carbons (Fsp3) is 0.524. The molecule has 2 aromatic rings. The molecule has 3 saturated heterocycles. The maximum atomic E-state index is 13.1. The Hall–Kier alpha value is -2.34. The number of likely N-dealkylation sites (N-methyl/N-ethyl adjacent to an activating group) is 1. The van der Waals surface area contributed by atoms with Gasteiger partial charge in [0.1, 0.15) is 0 Å². The Bertz CT molecular complexity index is 774. The van der Waals surface area contributed by atoms with E-state index >= 15 is 0 Å². The number of H-pyrrole nitrogens is 1. The average molecular weight is 367 g/mol. The van der Waals surface area contributed by atoms with Crippen molar-refractivity contribution in [3.8, 4) is 0 Å². The van der Waals surface area contributed by atoms with Crippen molar-refractivity contribution in [1.82, 2.24) is 19.8 Å². The van der Waals surface area contributed by atoms with Crippen molar-refractivity contribution < 1.29 is 4.79 Å². The van der Waals surface area contributed by atoms with Crippen LogP contribution in [0.5, 0.6) is 0 Å². The second-order valence-corrected chi connectivity index (χ2v) is 8.00. The summed E-state index contributed by atoms with van der Waals surface area (Å²) in [7, 11) is 2.00. The standard InChI is InChI=1S/C21H29N5O/c1-16-20(23-15-22-16)13-25-10-17-8-9-19(12-25)26(11-17)21(27)14-24(2)18-6-4-3-5-7-18/h3-7,15,17,19H,8-14H2,1-2H3,(H,22,23)/t17-,19+/m1/s1. The molecule has 2 bridgehead atoms. The Morgan fingerprint density at radius 2 is 2.04 bits per heavy atom. The molecule has 0 radical (unpaired) electrons. The monoisotopic (exact) mass is 367 g/mol. The minimum absolute atomic E-state index is 0.244. The lowest BCUT2D eigenvalue weighted by atomic mass is 9.95. The van der Waals surface area contributed by atoms with Gasteiger partial charge in [-0.1, -0.05) is 18.2 Å². The average Bonchev–Trinajstić information content (AvgIpc) is 2.89. The van der Waals surface area contributed by atoms with E-state index in [1.54, 1.807) is 6.33 Å². The minimum Gasteiger partial charge on any atom is -0.365 e. The first-order valence-corrected chi connectivity index (χ1v) is 9.87. The van der Waals surface area contributed by atoms with Crippen molar-refractivity contribution in [2.45, 2.75) is 32.4 Å². The summed E-state index contributed by atoms with van der Waals surface area (Å²) >= 11 is 0. The van der Waals surface area contributed by atoms with Crippen molar-refractivity contribution >= 4 is 11.6 Å². The number of para-hydroxylation sites is 1. The number of aromatic amines is 1. The van der Waals surface area contributed by atoms with Crippen LogP contribution in [0.3, 0.4) is 0 Å². The van der Waals surface area contributed by atoms with E-state index in [-0.39, 0.29) is 5.91 Å². The molecule has 144 valence electrons. The van der Waals surface area contributed by atoms with Crippen molar-refractivity contribution in [3.05, 3.63) is 48.0 Å². The van der Waals surface area contributed by atoms with E-state index in [2.05, 4.69) is 38.8 Å². The van der Waals surface area contributed by atoms with Crippen molar-refractivity contribution in [2.24, 2.45) is 5.92 Å². The first-order valence-electron chi connectivity index (χ1n) is 9.87. The van der Waals surface area contributed by atoms with Gasteiger partial charge in [-0.2, -0.15) is 0 Å². The van der Waals surface area contributed by atoms with Crippen LogP contribution in [0.4, 0.5) is 5.69 Å². The Kier molecular flexibility index (Phi) is 5.16. The number of aryl methyl sites for hydroxylation is 1. The molecule has 5 rings (SSSR count). The molecule has 0 saturated carbocycles. The van der Waals surface area contributed by atoms with Crippen LogP contribution >= 0.6 is 0 Å². The van der Waals surface area contributed by atoms with Crippen LogP contribution in [0.1, 0.15) is 24.2 Å². The molecule has 0 spiro atoms. The summed E-state index contributed by atoms with van der Waals surface area (Å²) in [6.45, 7) is 6.27. The van der Waals surface area contributed by atoms with Crippen LogP contribution in [-0.2, 0) is 11.3 Å². The molecule has 0 aliphatic carbocycles. The highest BCUT2D eigenvalue weighted by Gasteiger charge is 2.37. The number of imidazole rings is 1. The Morgan fingerprint density at radius 1 is 1.22 bits per heavy atom. The SMILES string of the molecule is Cc1[nH]cnc1CN1C[C@H]2CC[C@@H](C1)N(C(=O)CN(C)c1ccccc1)C2. The van der Waals surface area contributed by atoms with Gasteiger partial charge >= 0.3 is 0 Å². The number of nitrogens with zero attached hydrogens (tertiary/aromatic N) is 4. The first-order chi connectivity index (χ1) is 13.1. The van der Waals surface area contributed by atoms with Crippen LogP contribution in [0.15, 0.2) is 36.7 Å². The highest BCUT2D eigenvalue weighted by molar-refractivity contribution is 5.81. The Balaban J connectivity index is 1.41. The van der Waals surface area contributed by atoms with Crippen LogP contribution in [0.25, 0.3) is 0 Å². The molecular formula is C21H29N5O. The second kappa shape index (κ2) is 7.72. The van der Waals surface area contributed by atoms with Crippen molar-refractivity contribution in [3.63, 3.8) is 0 Å². The summed E-state index contributed by atoms with van der Waals surface area (Å²) in [5.74, 6) is 0.808. The summed E-state index contributed by atoms with van der Waals surface area (Å²) < 4.78 is 0. The molecule has 2 atom stereocenters. The zero-order valence-corrected chi connectivity index (χ0v) is 16.3. The molecule has 1 N–H and O–H groups in total. The number of hydrogen-bond donors (Lipinski definition) is 1. The summed E-state index contributed by atoms with van der Waals surface area (Å²) in [5.41, 5.74) is 3.35. The number of carbonyl (C=O) groups excluding carboxylic acids is 1. The third-order valence-electron chi connectivity index (χ3n) is 5.99. The van der Waals surface area contributed by atoms with Gasteiger partial charge in [0, 0.05) is 50.6 Å². The molecular weight excluding hydrogens is 338 g/mol. The maximum Gasteiger partial charge on any atom is 0.242 e. The van der Waals surface area contributed by atoms with Gasteiger partial charge in [0.15, 0.2) is 0 Å². The van der Waals surface area contributed by atoms with Crippen LogP contribution < -0.4 is 4.90 Å². The molecule has 0 unspecified atom stereocenters. The van der Waals surface area contributed by atoms with Crippen molar-refractivity contribution in [1.29, 1.82) is 0 Å². The summed E-state index contributed by atoms with van der Waals surface area (Å²) in [4.78, 5) is 27.3. The quantitative estimate of drug-likeness (QED) is 0.881. The Labute approximate surface area is 161 Å². The van der Waals surface area contributed by atoms with E-state index in [0.717, 1.165) is 49.7 Å². The molecule has 3 aliphatic heterocycles. The van der Waals surface area contributed by atoms with Gasteiger partial charge in [0.2, 0.25) is 5.91 Å². The molecule has 1 aromatic heterocycles. The van der Waals surface area contributed by atoms with E-state index in [1.807, 2.05) is 30.1 Å². The fourth-order valence-corrected chi connectivity index (χ4v) is 4.44. The smallest absolute Gasteiger partial charge is 0.242 e. The van der Waals surface area contributed by atoms with E-state index in [9.17, 15) is 4.79 Å². The predicted molar refractivity (Wildman–Crippen MR) is 107 cm³/mol. The molecule has 27 heavy (non-hydrogen) atoms. The highest BCUT2D eigenvalue weighted by atomic mass is 16.2. The van der Waals surface area contributed by atoms with Gasteiger partial charge in [0.05, 0.1) is 18.6 Å². The minimum atomic E-state index is 0.244. The third kappa shape index (κ3) is 4.00. The van der Waals surface area contributed by atoms with Gasteiger partial charge in [-0.3, -0.25) is 9.69 Å². The van der Waals surface area contributed by atoms with Crippen LogP contribution in [0.2, 0.25) is 0 Å². The van der Waals surface area contributed by atoms with E-state index in [0.29, 0.717) is 18.5 Å². The lowest BCUT2D eigenvalue weighted by molar-refractivity contribution is -0.133. The number of nitrogens with one attached hydrogen (secondary N) is 1. The lowest BCUT2D eigenvalue weighted by Crippen LogP contribution is -2.50. The fourth-order valence-electron chi connectivity index (χ4n) is 4.44. The number of hydrogen-bond acceptors (Lipinski definition) is 4. The molecule has 4 heterocycles. The number of amides is 1. The van der Waals surface area contributed by atoms with Gasteiger partial charge in [-0.05, 0) is 37.8 Å². The highest BCUT2D eigenvalue weighted by Crippen LogP contribution is 2.29. The van der Waals surface area contributed by atoms with Gasteiger partial charge in [-0.25, -0.2) is 4.98 Å². The summed E-state index contributed by atoms with van der Waals surface area (Å²) in [5, 5.41) is 0.